The number of nitrogens with one attached hydrogen (secondary N) is 1. The molecular formula is C22H20BrN5O2. The fourth-order valence-electron chi connectivity index (χ4n) is 3.17. The lowest BCUT2D eigenvalue weighted by molar-refractivity contribution is 0.0958. The Balaban J connectivity index is 1.64. The average molecular weight is 466 g/mol. The number of fused-ring (bicyclic) bond motifs is 1. The summed E-state index contributed by atoms with van der Waals surface area (Å²) in [5.41, 5.74) is 3.13. The molecule has 0 saturated carbocycles. The van der Waals surface area contributed by atoms with Gasteiger partial charge in [-0.3, -0.25) is 9.78 Å². The summed E-state index contributed by atoms with van der Waals surface area (Å²) in [6, 6.07) is 17.1. The molecule has 2 heterocycles. The number of pyridine rings is 1. The Bertz CT molecular complexity index is 1220. The van der Waals surface area contributed by atoms with Gasteiger partial charge in [-0.15, -0.1) is 0 Å². The third-order valence-electron chi connectivity index (χ3n) is 4.77. The van der Waals surface area contributed by atoms with Crippen LogP contribution in [-0.2, 0) is 7.05 Å². The Hall–Kier alpha value is -3.39. The number of anilines is 2. The molecule has 30 heavy (non-hydrogen) atoms. The van der Waals surface area contributed by atoms with Crippen molar-refractivity contribution < 1.29 is 9.53 Å². The van der Waals surface area contributed by atoms with E-state index in [4.69, 9.17) is 9.72 Å². The minimum Gasteiger partial charge on any atom is -0.457 e. The standard InChI is InChI=1S/C22H20BrN5O2/c1-24-21(29)19-13-17(10-11-25-19)30-16-8-9-20-18(12-16)26-22(28(20)3)27(2)15-6-4-14(23)5-7-15/h4-13H,1-3H3,(H,24,29). The minimum atomic E-state index is -0.263. The zero-order chi connectivity index (χ0) is 21.3. The van der Waals surface area contributed by atoms with E-state index in [0.29, 0.717) is 17.2 Å². The summed E-state index contributed by atoms with van der Waals surface area (Å²) in [7, 11) is 5.54. The van der Waals surface area contributed by atoms with Crippen molar-refractivity contribution in [1.29, 1.82) is 0 Å². The number of rotatable bonds is 5. The number of aromatic nitrogens is 3. The molecule has 0 saturated heterocycles. The van der Waals surface area contributed by atoms with Gasteiger partial charge in [0.1, 0.15) is 17.2 Å². The van der Waals surface area contributed by atoms with Crippen LogP contribution in [0.2, 0.25) is 0 Å². The van der Waals surface area contributed by atoms with Crippen molar-refractivity contribution in [3.63, 3.8) is 0 Å². The first-order valence-electron chi connectivity index (χ1n) is 9.28. The Morgan fingerprint density at radius 3 is 2.57 bits per heavy atom. The molecule has 152 valence electrons. The smallest absolute Gasteiger partial charge is 0.269 e. The number of aryl methyl sites for hydroxylation is 1. The monoisotopic (exact) mass is 465 g/mol. The Labute approximate surface area is 182 Å². The van der Waals surface area contributed by atoms with E-state index in [1.165, 1.54) is 0 Å². The first-order chi connectivity index (χ1) is 14.5. The molecule has 7 nitrogen and oxygen atoms in total. The van der Waals surface area contributed by atoms with Gasteiger partial charge < -0.3 is 19.5 Å². The molecule has 8 heteroatoms. The van der Waals surface area contributed by atoms with Gasteiger partial charge in [-0.25, -0.2) is 4.98 Å². The van der Waals surface area contributed by atoms with Crippen LogP contribution in [0.15, 0.2) is 65.3 Å². The van der Waals surface area contributed by atoms with Crippen molar-refractivity contribution in [3.05, 3.63) is 71.0 Å². The fraction of sp³-hybridized carbons (Fsp3) is 0.136. The molecule has 0 spiro atoms. The number of nitrogens with zero attached hydrogens (tertiary/aromatic N) is 4. The number of halogens is 1. The zero-order valence-corrected chi connectivity index (χ0v) is 18.3. The number of ether oxygens (including phenoxy) is 1. The number of imidazole rings is 1. The second-order valence-corrected chi connectivity index (χ2v) is 7.63. The van der Waals surface area contributed by atoms with Gasteiger partial charge in [0.25, 0.3) is 5.91 Å². The van der Waals surface area contributed by atoms with E-state index in [2.05, 4.69) is 26.2 Å². The second kappa shape index (κ2) is 8.16. The van der Waals surface area contributed by atoms with Crippen LogP contribution in [0.3, 0.4) is 0 Å². The summed E-state index contributed by atoms with van der Waals surface area (Å²) in [4.78, 5) is 22.7. The number of benzene rings is 2. The van der Waals surface area contributed by atoms with Gasteiger partial charge in [0, 0.05) is 49.6 Å². The molecule has 2 aromatic carbocycles. The van der Waals surface area contributed by atoms with Crippen LogP contribution in [0.1, 0.15) is 10.5 Å². The van der Waals surface area contributed by atoms with Crippen LogP contribution in [0.4, 0.5) is 11.6 Å². The van der Waals surface area contributed by atoms with E-state index in [1.807, 2.05) is 66.0 Å². The summed E-state index contributed by atoms with van der Waals surface area (Å²) in [6.07, 6.45) is 1.55. The topological polar surface area (TPSA) is 72.3 Å². The molecule has 1 amide bonds. The molecular weight excluding hydrogens is 446 g/mol. The molecule has 0 aliphatic rings. The maximum atomic E-state index is 11.8. The number of carbonyl (C=O) groups is 1. The molecule has 0 aliphatic carbocycles. The second-order valence-electron chi connectivity index (χ2n) is 6.71. The highest BCUT2D eigenvalue weighted by atomic mass is 79.9. The molecule has 4 rings (SSSR count). The Kier molecular flexibility index (Phi) is 5.41. The Morgan fingerprint density at radius 2 is 1.83 bits per heavy atom. The van der Waals surface area contributed by atoms with Gasteiger partial charge in [-0.2, -0.15) is 0 Å². The maximum absolute atomic E-state index is 11.8. The van der Waals surface area contributed by atoms with E-state index < -0.39 is 0 Å². The minimum absolute atomic E-state index is 0.263. The summed E-state index contributed by atoms with van der Waals surface area (Å²) in [6.45, 7) is 0. The predicted molar refractivity (Wildman–Crippen MR) is 121 cm³/mol. The van der Waals surface area contributed by atoms with Crippen molar-refractivity contribution in [2.24, 2.45) is 7.05 Å². The van der Waals surface area contributed by atoms with Gasteiger partial charge in [0.05, 0.1) is 11.0 Å². The summed E-state index contributed by atoms with van der Waals surface area (Å²) in [5.74, 6) is 1.72. The van der Waals surface area contributed by atoms with Crippen LogP contribution in [0, 0.1) is 0 Å². The maximum Gasteiger partial charge on any atom is 0.269 e. The van der Waals surface area contributed by atoms with Gasteiger partial charge in [-0.05, 0) is 42.5 Å². The van der Waals surface area contributed by atoms with E-state index in [-0.39, 0.29) is 5.91 Å². The highest BCUT2D eigenvalue weighted by molar-refractivity contribution is 9.10. The van der Waals surface area contributed by atoms with Crippen molar-refractivity contribution in [3.8, 4) is 11.5 Å². The molecule has 0 unspecified atom stereocenters. The van der Waals surface area contributed by atoms with Crippen LogP contribution >= 0.6 is 15.9 Å². The highest BCUT2D eigenvalue weighted by Gasteiger charge is 2.14. The lowest BCUT2D eigenvalue weighted by Crippen LogP contribution is -2.18. The van der Waals surface area contributed by atoms with Crippen LogP contribution in [0.5, 0.6) is 11.5 Å². The summed E-state index contributed by atoms with van der Waals surface area (Å²) in [5, 5.41) is 2.56. The fourth-order valence-corrected chi connectivity index (χ4v) is 3.44. The number of carbonyl (C=O) groups excluding carboxylic acids is 1. The molecule has 0 atom stereocenters. The van der Waals surface area contributed by atoms with Crippen LogP contribution < -0.4 is 15.0 Å². The molecule has 0 radical (unpaired) electrons. The van der Waals surface area contributed by atoms with Crippen molar-refractivity contribution >= 4 is 44.5 Å². The molecule has 1 N–H and O–H groups in total. The van der Waals surface area contributed by atoms with Crippen LogP contribution in [0.25, 0.3) is 11.0 Å². The molecule has 0 fully saturated rings. The van der Waals surface area contributed by atoms with Gasteiger partial charge in [-0.1, -0.05) is 15.9 Å². The third kappa shape index (κ3) is 3.86. The zero-order valence-electron chi connectivity index (χ0n) is 16.8. The molecule has 2 aromatic heterocycles. The van der Waals surface area contributed by atoms with Crippen LogP contribution in [-0.4, -0.2) is 34.5 Å². The molecule has 4 aromatic rings. The largest absolute Gasteiger partial charge is 0.457 e. The SMILES string of the molecule is CNC(=O)c1cc(Oc2ccc3c(c2)nc(N(C)c2ccc(Br)cc2)n3C)ccn1. The van der Waals surface area contributed by atoms with Gasteiger partial charge in [0.15, 0.2) is 0 Å². The summed E-state index contributed by atoms with van der Waals surface area (Å²) >= 11 is 3.47. The molecule has 0 bridgehead atoms. The van der Waals surface area contributed by atoms with E-state index in [9.17, 15) is 4.79 Å². The van der Waals surface area contributed by atoms with Crippen molar-refractivity contribution in [2.45, 2.75) is 0 Å². The predicted octanol–water partition coefficient (Wildman–Crippen LogP) is 4.65. The van der Waals surface area contributed by atoms with Gasteiger partial charge in [0.2, 0.25) is 5.95 Å². The lowest BCUT2D eigenvalue weighted by Gasteiger charge is -2.18. The lowest BCUT2D eigenvalue weighted by atomic mass is 10.3. The average Bonchev–Trinajstić information content (AvgIpc) is 3.09. The van der Waals surface area contributed by atoms with Crippen molar-refractivity contribution in [1.82, 2.24) is 19.9 Å². The first-order valence-corrected chi connectivity index (χ1v) is 10.1. The summed E-state index contributed by atoms with van der Waals surface area (Å²) < 4.78 is 9.01. The number of hydrogen-bond donors (Lipinski definition) is 1. The van der Waals surface area contributed by atoms with Gasteiger partial charge >= 0.3 is 0 Å². The normalized spacial score (nSPS) is 10.8. The highest BCUT2D eigenvalue weighted by Crippen LogP contribution is 2.30. The number of amides is 1. The quantitative estimate of drug-likeness (QED) is 0.464. The van der Waals surface area contributed by atoms with E-state index in [0.717, 1.165) is 27.1 Å². The number of hydrogen-bond acceptors (Lipinski definition) is 5. The van der Waals surface area contributed by atoms with E-state index in [1.54, 1.807) is 25.4 Å². The van der Waals surface area contributed by atoms with Crippen molar-refractivity contribution in [2.75, 3.05) is 19.0 Å². The third-order valence-corrected chi connectivity index (χ3v) is 5.30. The van der Waals surface area contributed by atoms with E-state index >= 15 is 0 Å². The Morgan fingerprint density at radius 1 is 1.10 bits per heavy atom. The molecule has 0 aliphatic heterocycles. The first kappa shape index (κ1) is 19.9.